The van der Waals surface area contributed by atoms with E-state index in [1.807, 2.05) is 37.3 Å². The maximum Gasteiger partial charge on any atom is 0.325 e. The number of amides is 4. The van der Waals surface area contributed by atoms with E-state index in [0.717, 1.165) is 10.5 Å². The van der Waals surface area contributed by atoms with E-state index in [4.69, 9.17) is 11.6 Å². The Morgan fingerprint density at radius 3 is 2.50 bits per heavy atom. The van der Waals surface area contributed by atoms with Gasteiger partial charge < -0.3 is 10.2 Å². The first-order chi connectivity index (χ1) is 13.4. The van der Waals surface area contributed by atoms with Crippen molar-refractivity contribution in [3.63, 3.8) is 0 Å². The molecule has 146 valence electrons. The molecule has 1 fully saturated rings. The smallest absolute Gasteiger partial charge is 0.325 e. The van der Waals surface area contributed by atoms with E-state index in [9.17, 15) is 14.4 Å². The van der Waals surface area contributed by atoms with E-state index >= 15 is 0 Å². The second kappa shape index (κ2) is 8.02. The van der Waals surface area contributed by atoms with Gasteiger partial charge in [0.05, 0.1) is 0 Å². The van der Waals surface area contributed by atoms with Crippen molar-refractivity contribution in [2.24, 2.45) is 0 Å². The van der Waals surface area contributed by atoms with Gasteiger partial charge >= 0.3 is 6.03 Å². The number of carbonyl (C=O) groups excluding carboxylic acids is 3. The highest BCUT2D eigenvalue weighted by molar-refractivity contribution is 6.30. The predicted molar refractivity (Wildman–Crippen MR) is 107 cm³/mol. The fourth-order valence-corrected chi connectivity index (χ4v) is 3.60. The molecule has 0 aliphatic carbocycles. The number of hydrogen-bond acceptors (Lipinski definition) is 3. The molecule has 0 aromatic heterocycles. The van der Waals surface area contributed by atoms with Crippen molar-refractivity contribution in [1.82, 2.24) is 15.1 Å². The van der Waals surface area contributed by atoms with E-state index in [1.54, 1.807) is 31.3 Å². The SMILES string of the molecule is CCC1(c2ccccc2)NC(=O)N(CC(=O)N(C)Cc2cccc(Cl)c2)C1=O. The van der Waals surface area contributed by atoms with E-state index < -0.39 is 17.5 Å². The molecule has 1 aliphatic rings. The molecule has 3 rings (SSSR count). The van der Waals surface area contributed by atoms with E-state index in [2.05, 4.69) is 5.32 Å². The number of urea groups is 1. The first kappa shape index (κ1) is 19.9. The lowest BCUT2D eigenvalue weighted by Crippen LogP contribution is -2.45. The normalized spacial score (nSPS) is 18.9. The Hall–Kier alpha value is -2.86. The summed E-state index contributed by atoms with van der Waals surface area (Å²) in [6.45, 7) is 1.86. The summed E-state index contributed by atoms with van der Waals surface area (Å²) in [5, 5.41) is 3.37. The lowest BCUT2D eigenvalue weighted by molar-refractivity contribution is -0.138. The minimum atomic E-state index is -1.13. The zero-order valence-electron chi connectivity index (χ0n) is 15.8. The molecule has 4 amide bonds. The standard InChI is InChI=1S/C21H22ClN3O3/c1-3-21(16-9-5-4-6-10-16)19(27)25(20(28)23-21)14-18(26)24(2)13-15-8-7-11-17(22)12-15/h4-12H,3,13-14H2,1-2H3,(H,23,28). The molecule has 1 heterocycles. The fourth-order valence-electron chi connectivity index (χ4n) is 3.39. The second-order valence-corrected chi connectivity index (χ2v) is 7.26. The van der Waals surface area contributed by atoms with Gasteiger partial charge in [0.1, 0.15) is 12.1 Å². The monoisotopic (exact) mass is 399 g/mol. The largest absolute Gasteiger partial charge is 0.340 e. The summed E-state index contributed by atoms with van der Waals surface area (Å²) in [6.07, 6.45) is 0.393. The first-order valence-corrected chi connectivity index (χ1v) is 9.43. The summed E-state index contributed by atoms with van der Waals surface area (Å²) in [6, 6.07) is 15.7. The van der Waals surface area contributed by atoms with Crippen LogP contribution in [0.1, 0.15) is 24.5 Å². The summed E-state index contributed by atoms with van der Waals surface area (Å²) < 4.78 is 0. The lowest BCUT2D eigenvalue weighted by Gasteiger charge is -2.26. The van der Waals surface area contributed by atoms with Crippen LogP contribution in [0.5, 0.6) is 0 Å². The first-order valence-electron chi connectivity index (χ1n) is 9.05. The van der Waals surface area contributed by atoms with E-state index in [0.29, 0.717) is 23.6 Å². The lowest BCUT2D eigenvalue weighted by atomic mass is 9.87. The second-order valence-electron chi connectivity index (χ2n) is 6.83. The Kier molecular flexibility index (Phi) is 5.70. The van der Waals surface area contributed by atoms with Gasteiger partial charge in [-0.1, -0.05) is 61.0 Å². The topological polar surface area (TPSA) is 69.7 Å². The van der Waals surface area contributed by atoms with Gasteiger partial charge in [-0.3, -0.25) is 14.5 Å². The molecular formula is C21H22ClN3O3. The highest BCUT2D eigenvalue weighted by Crippen LogP contribution is 2.32. The predicted octanol–water partition coefficient (Wildman–Crippen LogP) is 3.16. The zero-order valence-corrected chi connectivity index (χ0v) is 16.6. The van der Waals surface area contributed by atoms with Gasteiger partial charge in [0.2, 0.25) is 5.91 Å². The van der Waals surface area contributed by atoms with Crippen molar-refractivity contribution in [2.75, 3.05) is 13.6 Å². The fraction of sp³-hybridized carbons (Fsp3) is 0.286. The Balaban J connectivity index is 1.74. The number of benzene rings is 2. The van der Waals surface area contributed by atoms with Crippen molar-refractivity contribution in [3.05, 3.63) is 70.7 Å². The number of rotatable bonds is 6. The van der Waals surface area contributed by atoms with Crippen LogP contribution in [0.15, 0.2) is 54.6 Å². The average molecular weight is 400 g/mol. The molecule has 0 radical (unpaired) electrons. The summed E-state index contributed by atoms with van der Waals surface area (Å²) in [5.74, 6) is -0.737. The van der Waals surface area contributed by atoms with Crippen LogP contribution in [0.3, 0.4) is 0 Å². The Labute approximate surface area is 169 Å². The van der Waals surface area contributed by atoms with Crippen LogP contribution in [0.2, 0.25) is 5.02 Å². The molecule has 2 aromatic rings. The Morgan fingerprint density at radius 2 is 1.86 bits per heavy atom. The van der Waals surface area contributed by atoms with Gasteiger partial charge in [-0.2, -0.15) is 0 Å². The van der Waals surface area contributed by atoms with Crippen LogP contribution in [0.25, 0.3) is 0 Å². The third-order valence-electron chi connectivity index (χ3n) is 5.00. The molecule has 1 N–H and O–H groups in total. The number of nitrogens with one attached hydrogen (secondary N) is 1. The molecule has 7 heteroatoms. The zero-order chi connectivity index (χ0) is 20.3. The maximum absolute atomic E-state index is 13.1. The van der Waals surface area contributed by atoms with Crippen LogP contribution < -0.4 is 5.32 Å². The molecule has 1 aliphatic heterocycles. The molecule has 0 bridgehead atoms. The van der Waals surface area contributed by atoms with Gasteiger partial charge in [-0.05, 0) is 29.7 Å². The Bertz CT molecular complexity index is 903. The molecule has 1 atom stereocenters. The Morgan fingerprint density at radius 1 is 1.14 bits per heavy atom. The molecule has 0 spiro atoms. The van der Waals surface area contributed by atoms with Crippen molar-refractivity contribution < 1.29 is 14.4 Å². The highest BCUT2D eigenvalue weighted by Gasteiger charge is 2.51. The van der Waals surface area contributed by atoms with Gasteiger partial charge in [-0.25, -0.2) is 4.79 Å². The minimum absolute atomic E-state index is 0.309. The minimum Gasteiger partial charge on any atom is -0.340 e. The third kappa shape index (κ3) is 3.73. The molecule has 0 saturated carbocycles. The highest BCUT2D eigenvalue weighted by atomic mass is 35.5. The number of hydrogen-bond donors (Lipinski definition) is 1. The van der Waals surface area contributed by atoms with Crippen LogP contribution in [0.4, 0.5) is 4.79 Å². The molecule has 6 nitrogen and oxygen atoms in total. The van der Waals surface area contributed by atoms with E-state index in [-0.39, 0.29) is 12.5 Å². The maximum atomic E-state index is 13.1. The van der Waals surface area contributed by atoms with Crippen molar-refractivity contribution in [3.8, 4) is 0 Å². The van der Waals surface area contributed by atoms with Crippen molar-refractivity contribution in [1.29, 1.82) is 0 Å². The van der Waals surface area contributed by atoms with Gasteiger partial charge in [0.15, 0.2) is 0 Å². The molecule has 2 aromatic carbocycles. The van der Waals surface area contributed by atoms with Crippen LogP contribution in [-0.2, 0) is 21.7 Å². The van der Waals surface area contributed by atoms with Crippen LogP contribution >= 0.6 is 11.6 Å². The van der Waals surface area contributed by atoms with Crippen molar-refractivity contribution in [2.45, 2.75) is 25.4 Å². The molecular weight excluding hydrogens is 378 g/mol. The molecule has 1 saturated heterocycles. The number of nitrogens with zero attached hydrogens (tertiary/aromatic N) is 2. The number of imide groups is 1. The van der Waals surface area contributed by atoms with E-state index in [1.165, 1.54) is 4.90 Å². The molecule has 28 heavy (non-hydrogen) atoms. The number of carbonyl (C=O) groups is 3. The van der Waals surface area contributed by atoms with Gasteiger partial charge in [0.25, 0.3) is 5.91 Å². The quantitative estimate of drug-likeness (QED) is 0.758. The summed E-state index contributed by atoms with van der Waals surface area (Å²) in [5.41, 5.74) is 0.440. The number of halogens is 1. The average Bonchev–Trinajstić information content (AvgIpc) is 2.93. The molecule has 1 unspecified atom stereocenters. The van der Waals surface area contributed by atoms with Gasteiger partial charge in [-0.15, -0.1) is 0 Å². The van der Waals surface area contributed by atoms with Crippen LogP contribution in [-0.4, -0.2) is 41.2 Å². The van der Waals surface area contributed by atoms with Crippen molar-refractivity contribution >= 4 is 29.4 Å². The summed E-state index contributed by atoms with van der Waals surface area (Å²) in [4.78, 5) is 40.7. The van der Waals surface area contributed by atoms with Crippen LogP contribution in [0, 0.1) is 0 Å². The summed E-state index contributed by atoms with van der Waals surface area (Å²) in [7, 11) is 1.63. The third-order valence-corrected chi connectivity index (χ3v) is 5.24. The summed E-state index contributed by atoms with van der Waals surface area (Å²) >= 11 is 5.98. The number of likely N-dealkylation sites (N-methyl/N-ethyl adjacent to an activating group) is 1. The van der Waals surface area contributed by atoms with Gasteiger partial charge in [0, 0.05) is 18.6 Å².